The average Bonchev–Trinajstić information content (AvgIpc) is 3.39. The van der Waals surface area contributed by atoms with Crippen LogP contribution in [0.25, 0.3) is 11.5 Å². The Kier molecular flexibility index (Phi) is 7.47. The summed E-state index contributed by atoms with van der Waals surface area (Å²) in [7, 11) is 1.84. The molecule has 188 valence electrons. The van der Waals surface area contributed by atoms with Crippen LogP contribution in [0.5, 0.6) is 0 Å². The molecule has 37 heavy (non-hydrogen) atoms. The fourth-order valence-corrected chi connectivity index (χ4v) is 3.85. The quantitative estimate of drug-likeness (QED) is 0.265. The molecule has 13 heteroatoms. The van der Waals surface area contributed by atoms with Crippen molar-refractivity contribution >= 4 is 11.9 Å². The van der Waals surface area contributed by atoms with Crippen LogP contribution in [0.4, 0.5) is 16.3 Å². The van der Waals surface area contributed by atoms with E-state index in [-0.39, 0.29) is 12.6 Å². The lowest BCUT2D eigenvalue weighted by Gasteiger charge is -2.41. The molecule has 0 unspecified atom stereocenters. The van der Waals surface area contributed by atoms with Gasteiger partial charge in [0.15, 0.2) is 5.82 Å². The van der Waals surface area contributed by atoms with Gasteiger partial charge in [0.1, 0.15) is 25.0 Å². The molecule has 0 aliphatic carbocycles. The van der Waals surface area contributed by atoms with Crippen LogP contribution in [-0.2, 0) is 11.8 Å². The van der Waals surface area contributed by atoms with Crippen LogP contribution in [-0.4, -0.2) is 90.2 Å². The van der Waals surface area contributed by atoms with Crippen molar-refractivity contribution < 1.29 is 9.13 Å². The Hall–Kier alpha value is -4.57. The number of ether oxygens (including phenoxy) is 1. The summed E-state index contributed by atoms with van der Waals surface area (Å²) in [5.41, 5.74) is 2.05. The SMILES string of the molecule is Cn1ccc(-c2ncc(C#Cc3cnc(N4CCN(c5ncncn5)[C@@H](COCCF)C4)nc3)cn2)n1. The van der Waals surface area contributed by atoms with Gasteiger partial charge in [0.25, 0.3) is 0 Å². The van der Waals surface area contributed by atoms with Gasteiger partial charge in [-0.1, -0.05) is 11.8 Å². The Bertz CT molecular complexity index is 1350. The van der Waals surface area contributed by atoms with Crippen molar-refractivity contribution in [2.24, 2.45) is 7.05 Å². The average molecular weight is 502 g/mol. The summed E-state index contributed by atoms with van der Waals surface area (Å²) in [4.78, 5) is 34.2. The molecule has 0 aromatic carbocycles. The van der Waals surface area contributed by atoms with E-state index in [4.69, 9.17) is 4.74 Å². The summed E-state index contributed by atoms with van der Waals surface area (Å²) < 4.78 is 19.8. The van der Waals surface area contributed by atoms with Crippen LogP contribution < -0.4 is 9.80 Å². The first-order chi connectivity index (χ1) is 18.2. The van der Waals surface area contributed by atoms with Gasteiger partial charge >= 0.3 is 0 Å². The Balaban J connectivity index is 1.24. The number of rotatable bonds is 7. The third kappa shape index (κ3) is 5.99. The number of hydrogen-bond acceptors (Lipinski definition) is 11. The second kappa shape index (κ2) is 11.4. The number of nitrogens with zero attached hydrogens (tertiary/aromatic N) is 11. The normalized spacial score (nSPS) is 15.4. The first-order valence-corrected chi connectivity index (χ1v) is 11.6. The molecular weight excluding hydrogens is 477 g/mol. The predicted molar refractivity (Wildman–Crippen MR) is 132 cm³/mol. The van der Waals surface area contributed by atoms with E-state index >= 15 is 0 Å². The minimum atomic E-state index is -0.533. The second-order valence-corrected chi connectivity index (χ2v) is 8.19. The van der Waals surface area contributed by atoms with Gasteiger partial charge in [-0.25, -0.2) is 39.3 Å². The van der Waals surface area contributed by atoms with Crippen molar-refractivity contribution in [1.82, 2.24) is 44.7 Å². The smallest absolute Gasteiger partial charge is 0.228 e. The van der Waals surface area contributed by atoms with E-state index in [9.17, 15) is 4.39 Å². The Morgan fingerprint density at radius 3 is 2.30 bits per heavy atom. The highest BCUT2D eigenvalue weighted by Gasteiger charge is 2.30. The number of alkyl halides is 1. The van der Waals surface area contributed by atoms with E-state index in [0.29, 0.717) is 60.8 Å². The number of halogens is 1. The maximum atomic E-state index is 12.6. The highest BCUT2D eigenvalue weighted by molar-refractivity contribution is 5.49. The monoisotopic (exact) mass is 501 g/mol. The Morgan fingerprint density at radius 1 is 0.946 bits per heavy atom. The van der Waals surface area contributed by atoms with E-state index in [2.05, 4.69) is 56.7 Å². The lowest BCUT2D eigenvalue weighted by Crippen LogP contribution is -2.56. The molecule has 4 aromatic heterocycles. The molecule has 1 aliphatic rings. The maximum absolute atomic E-state index is 12.6. The van der Waals surface area contributed by atoms with E-state index in [0.717, 1.165) is 0 Å². The second-order valence-electron chi connectivity index (χ2n) is 8.19. The fourth-order valence-electron chi connectivity index (χ4n) is 3.85. The first kappa shape index (κ1) is 24.1. The zero-order valence-electron chi connectivity index (χ0n) is 20.1. The van der Waals surface area contributed by atoms with Gasteiger partial charge in [0.05, 0.1) is 30.4 Å². The van der Waals surface area contributed by atoms with Crippen LogP contribution >= 0.6 is 0 Å². The molecule has 0 radical (unpaired) electrons. The summed E-state index contributed by atoms with van der Waals surface area (Å²) in [5.74, 6) is 7.77. The highest BCUT2D eigenvalue weighted by Crippen LogP contribution is 2.19. The molecule has 5 heterocycles. The molecule has 12 nitrogen and oxygen atoms in total. The number of hydrogen-bond donors (Lipinski definition) is 0. The van der Waals surface area contributed by atoms with Crippen molar-refractivity contribution in [1.29, 1.82) is 0 Å². The van der Waals surface area contributed by atoms with Crippen molar-refractivity contribution in [3.05, 3.63) is 60.8 Å². The molecule has 5 rings (SSSR count). The molecule has 1 aliphatic heterocycles. The first-order valence-electron chi connectivity index (χ1n) is 11.6. The van der Waals surface area contributed by atoms with Gasteiger partial charge in [-0.2, -0.15) is 5.10 Å². The highest BCUT2D eigenvalue weighted by atomic mass is 19.1. The van der Waals surface area contributed by atoms with E-state index in [1.54, 1.807) is 29.5 Å². The van der Waals surface area contributed by atoms with Crippen LogP contribution in [0.3, 0.4) is 0 Å². The van der Waals surface area contributed by atoms with Gasteiger partial charge in [0, 0.05) is 57.7 Å². The maximum Gasteiger partial charge on any atom is 0.228 e. The molecule has 0 saturated carbocycles. The molecule has 1 fully saturated rings. The Morgan fingerprint density at radius 2 is 1.65 bits per heavy atom. The predicted octanol–water partition coefficient (Wildman–Crippen LogP) is 0.933. The van der Waals surface area contributed by atoms with Gasteiger partial charge in [-0.15, -0.1) is 0 Å². The molecule has 4 aromatic rings. The lowest BCUT2D eigenvalue weighted by atomic mass is 10.2. The topological polar surface area (TPSA) is 124 Å². The summed E-state index contributed by atoms with van der Waals surface area (Å²) in [6.45, 7) is 1.71. The summed E-state index contributed by atoms with van der Waals surface area (Å²) in [5, 5.41) is 4.30. The molecular formula is C24H24FN11O. The number of piperazine rings is 1. The fraction of sp³-hybridized carbons (Fsp3) is 0.333. The zero-order chi connectivity index (χ0) is 25.5. The van der Waals surface area contributed by atoms with Crippen molar-refractivity contribution in [3.63, 3.8) is 0 Å². The minimum Gasteiger partial charge on any atom is -0.377 e. The number of aromatic nitrogens is 9. The van der Waals surface area contributed by atoms with Crippen molar-refractivity contribution in [2.75, 3.05) is 49.3 Å². The summed E-state index contributed by atoms with van der Waals surface area (Å²) >= 11 is 0. The third-order valence-corrected chi connectivity index (χ3v) is 5.62. The van der Waals surface area contributed by atoms with Crippen LogP contribution in [0, 0.1) is 11.8 Å². The van der Waals surface area contributed by atoms with Gasteiger partial charge in [-0.05, 0) is 6.07 Å². The summed E-state index contributed by atoms with van der Waals surface area (Å²) in [6.07, 6.45) is 11.5. The van der Waals surface area contributed by atoms with Crippen LogP contribution in [0.1, 0.15) is 11.1 Å². The molecule has 0 amide bonds. The standard InChI is InChI=1S/C24H24FN11O/c1-34-6-4-21(33-34)22-27-10-18(11-28-22)2-3-19-12-29-23(30-13-19)35-7-8-36(24-31-16-26-17-32-24)20(14-35)15-37-9-5-25/h4,6,10-13,16-17,20H,5,7-9,14-15H2,1H3/t20-/m1/s1. The molecule has 1 atom stereocenters. The van der Waals surface area contributed by atoms with Gasteiger partial charge in [-0.3, -0.25) is 4.68 Å². The number of aryl methyl sites for hydroxylation is 1. The van der Waals surface area contributed by atoms with E-state index < -0.39 is 6.67 Å². The Labute approximate surface area is 212 Å². The van der Waals surface area contributed by atoms with E-state index in [1.165, 1.54) is 12.7 Å². The third-order valence-electron chi connectivity index (χ3n) is 5.62. The van der Waals surface area contributed by atoms with Gasteiger partial charge < -0.3 is 14.5 Å². The molecule has 0 N–H and O–H groups in total. The number of anilines is 2. The molecule has 0 spiro atoms. The van der Waals surface area contributed by atoms with Crippen molar-refractivity contribution in [3.8, 4) is 23.4 Å². The molecule has 1 saturated heterocycles. The minimum absolute atomic E-state index is 0.0440. The summed E-state index contributed by atoms with van der Waals surface area (Å²) in [6, 6.07) is 1.76. The largest absolute Gasteiger partial charge is 0.377 e. The van der Waals surface area contributed by atoms with Crippen LogP contribution in [0.15, 0.2) is 49.7 Å². The van der Waals surface area contributed by atoms with Crippen molar-refractivity contribution in [2.45, 2.75) is 6.04 Å². The lowest BCUT2D eigenvalue weighted by molar-refractivity contribution is 0.104. The van der Waals surface area contributed by atoms with E-state index in [1.807, 2.05) is 24.2 Å². The molecule has 0 bridgehead atoms. The van der Waals surface area contributed by atoms with Crippen LogP contribution in [0.2, 0.25) is 0 Å². The van der Waals surface area contributed by atoms with Gasteiger partial charge in [0.2, 0.25) is 11.9 Å². The zero-order valence-corrected chi connectivity index (χ0v) is 20.1.